The predicted octanol–water partition coefficient (Wildman–Crippen LogP) is 4.67. The molecular formula is C21H23N3O2S. The molecule has 0 amide bonds. The summed E-state index contributed by atoms with van der Waals surface area (Å²) in [6, 6.07) is 10.0. The van der Waals surface area contributed by atoms with E-state index in [-0.39, 0.29) is 6.10 Å². The van der Waals surface area contributed by atoms with Crippen LogP contribution >= 0.6 is 11.3 Å². The standard InChI is InChI=1S/C21H23N3O2S/c1-4-9-22-21-23-18(13-27-21)17-10-14(2)24(15(17)3)11-16-12-25-19-7-5-6-8-20(19)26-16/h4-8,10,13,16H,1,9,11-12H2,2-3H3,(H,22,23). The van der Waals surface area contributed by atoms with Crippen molar-refractivity contribution in [3.63, 3.8) is 0 Å². The molecule has 1 atom stereocenters. The van der Waals surface area contributed by atoms with E-state index in [2.05, 4.69) is 41.8 Å². The van der Waals surface area contributed by atoms with Gasteiger partial charge in [-0.05, 0) is 32.0 Å². The lowest BCUT2D eigenvalue weighted by atomic mass is 10.2. The molecule has 5 nitrogen and oxygen atoms in total. The Hall–Kier alpha value is -2.73. The molecule has 2 aromatic heterocycles. The van der Waals surface area contributed by atoms with Crippen LogP contribution in [0.3, 0.4) is 0 Å². The van der Waals surface area contributed by atoms with Gasteiger partial charge in [0, 0.05) is 28.9 Å². The van der Waals surface area contributed by atoms with Crippen molar-refractivity contribution in [3.05, 3.63) is 59.8 Å². The Bertz CT molecular complexity index is 960. The number of anilines is 1. The molecule has 0 fully saturated rings. The summed E-state index contributed by atoms with van der Waals surface area (Å²) < 4.78 is 14.3. The Kier molecular flexibility index (Phi) is 4.90. The number of nitrogens with one attached hydrogen (secondary N) is 1. The molecule has 0 spiro atoms. The van der Waals surface area contributed by atoms with Crippen molar-refractivity contribution in [3.8, 4) is 22.8 Å². The quantitative estimate of drug-likeness (QED) is 0.631. The summed E-state index contributed by atoms with van der Waals surface area (Å²) in [5.74, 6) is 1.63. The fourth-order valence-electron chi connectivity index (χ4n) is 3.34. The van der Waals surface area contributed by atoms with Gasteiger partial charge in [0.05, 0.1) is 12.2 Å². The zero-order valence-corrected chi connectivity index (χ0v) is 16.4. The van der Waals surface area contributed by atoms with E-state index in [1.807, 2.05) is 30.3 Å². The van der Waals surface area contributed by atoms with Crippen LogP contribution in [0.4, 0.5) is 5.13 Å². The molecular weight excluding hydrogens is 358 g/mol. The van der Waals surface area contributed by atoms with Crippen molar-refractivity contribution in [2.75, 3.05) is 18.5 Å². The van der Waals surface area contributed by atoms with Gasteiger partial charge >= 0.3 is 0 Å². The van der Waals surface area contributed by atoms with Gasteiger partial charge in [-0.25, -0.2) is 4.98 Å². The van der Waals surface area contributed by atoms with Crippen LogP contribution in [-0.2, 0) is 6.54 Å². The average molecular weight is 382 g/mol. The molecule has 1 aromatic carbocycles. The van der Waals surface area contributed by atoms with E-state index in [9.17, 15) is 0 Å². The SMILES string of the molecule is C=CCNc1nc(-c2cc(C)n(CC3COc4ccccc4O3)c2C)cs1. The molecule has 1 aliphatic rings. The summed E-state index contributed by atoms with van der Waals surface area (Å²) in [5.41, 5.74) is 4.54. The van der Waals surface area contributed by atoms with Crippen LogP contribution in [0.1, 0.15) is 11.4 Å². The fourth-order valence-corrected chi connectivity index (χ4v) is 4.06. The minimum absolute atomic E-state index is 0.0159. The third-order valence-corrected chi connectivity index (χ3v) is 5.51. The molecule has 140 valence electrons. The van der Waals surface area contributed by atoms with E-state index in [1.165, 1.54) is 11.4 Å². The Morgan fingerprint density at radius 2 is 2.15 bits per heavy atom. The van der Waals surface area contributed by atoms with E-state index in [0.717, 1.165) is 34.4 Å². The van der Waals surface area contributed by atoms with Crippen LogP contribution in [0.5, 0.6) is 11.5 Å². The maximum absolute atomic E-state index is 6.13. The van der Waals surface area contributed by atoms with Crippen molar-refractivity contribution >= 4 is 16.5 Å². The van der Waals surface area contributed by atoms with Gasteiger partial charge in [-0.2, -0.15) is 0 Å². The number of para-hydroxylation sites is 2. The van der Waals surface area contributed by atoms with Gasteiger partial charge in [-0.1, -0.05) is 18.2 Å². The number of ether oxygens (including phenoxy) is 2. The van der Waals surface area contributed by atoms with Crippen LogP contribution < -0.4 is 14.8 Å². The number of hydrogen-bond donors (Lipinski definition) is 1. The second-order valence-electron chi connectivity index (χ2n) is 6.60. The van der Waals surface area contributed by atoms with Gasteiger partial charge in [0.15, 0.2) is 22.7 Å². The number of aryl methyl sites for hydroxylation is 1. The third kappa shape index (κ3) is 3.57. The lowest BCUT2D eigenvalue weighted by Gasteiger charge is -2.27. The number of rotatable bonds is 6. The monoisotopic (exact) mass is 381 g/mol. The Morgan fingerprint density at radius 1 is 1.33 bits per heavy atom. The van der Waals surface area contributed by atoms with Crippen LogP contribution in [-0.4, -0.2) is 28.8 Å². The number of benzene rings is 1. The minimum atomic E-state index is -0.0159. The minimum Gasteiger partial charge on any atom is -0.486 e. The summed E-state index contributed by atoms with van der Waals surface area (Å²) >= 11 is 1.61. The summed E-state index contributed by atoms with van der Waals surface area (Å²) in [6.07, 6.45) is 1.81. The Labute approximate surface area is 163 Å². The van der Waals surface area contributed by atoms with Crippen LogP contribution in [0.25, 0.3) is 11.3 Å². The molecule has 0 radical (unpaired) electrons. The molecule has 1 aliphatic heterocycles. The van der Waals surface area contributed by atoms with E-state index < -0.39 is 0 Å². The van der Waals surface area contributed by atoms with Crippen molar-refractivity contribution in [2.45, 2.75) is 26.5 Å². The molecule has 4 rings (SSSR count). The first-order valence-electron chi connectivity index (χ1n) is 9.01. The lowest BCUT2D eigenvalue weighted by Crippen LogP contribution is -2.33. The highest BCUT2D eigenvalue weighted by molar-refractivity contribution is 7.14. The summed E-state index contributed by atoms with van der Waals surface area (Å²) in [4.78, 5) is 4.70. The normalized spacial score (nSPS) is 15.6. The van der Waals surface area contributed by atoms with Gasteiger partial charge in [-0.15, -0.1) is 17.9 Å². The topological polar surface area (TPSA) is 48.3 Å². The summed E-state index contributed by atoms with van der Waals surface area (Å²) in [7, 11) is 0. The third-order valence-electron chi connectivity index (χ3n) is 4.71. The van der Waals surface area contributed by atoms with Gasteiger partial charge in [0.25, 0.3) is 0 Å². The van der Waals surface area contributed by atoms with Crippen LogP contribution in [0.15, 0.2) is 48.4 Å². The lowest BCUT2D eigenvalue weighted by molar-refractivity contribution is 0.0778. The smallest absolute Gasteiger partial charge is 0.183 e. The number of aromatic nitrogens is 2. The van der Waals surface area contributed by atoms with Crippen LogP contribution in [0.2, 0.25) is 0 Å². The largest absolute Gasteiger partial charge is 0.486 e. The number of hydrogen-bond acceptors (Lipinski definition) is 5. The maximum atomic E-state index is 6.13. The highest BCUT2D eigenvalue weighted by atomic mass is 32.1. The van der Waals surface area contributed by atoms with Gasteiger partial charge < -0.3 is 19.4 Å². The molecule has 3 aromatic rings. The van der Waals surface area contributed by atoms with Crippen LogP contribution in [0, 0.1) is 13.8 Å². The van der Waals surface area contributed by atoms with E-state index >= 15 is 0 Å². The van der Waals surface area contributed by atoms with E-state index in [0.29, 0.717) is 13.2 Å². The summed E-state index contributed by atoms with van der Waals surface area (Å²) in [5, 5.41) is 6.25. The predicted molar refractivity (Wildman–Crippen MR) is 110 cm³/mol. The molecule has 1 unspecified atom stereocenters. The Morgan fingerprint density at radius 3 is 2.96 bits per heavy atom. The zero-order chi connectivity index (χ0) is 18.8. The van der Waals surface area contributed by atoms with Crippen molar-refractivity contribution in [1.29, 1.82) is 0 Å². The zero-order valence-electron chi connectivity index (χ0n) is 15.6. The second kappa shape index (κ2) is 7.48. The maximum Gasteiger partial charge on any atom is 0.183 e. The van der Waals surface area contributed by atoms with Crippen molar-refractivity contribution in [1.82, 2.24) is 9.55 Å². The summed E-state index contributed by atoms with van der Waals surface area (Å²) in [6.45, 7) is 10.00. The number of nitrogens with zero attached hydrogens (tertiary/aromatic N) is 2. The highest BCUT2D eigenvalue weighted by Gasteiger charge is 2.23. The molecule has 6 heteroatoms. The molecule has 1 N–H and O–H groups in total. The first kappa shape index (κ1) is 17.7. The molecule has 0 saturated carbocycles. The molecule has 27 heavy (non-hydrogen) atoms. The Balaban J connectivity index is 1.53. The first-order valence-corrected chi connectivity index (χ1v) is 9.89. The van der Waals surface area contributed by atoms with Crippen molar-refractivity contribution < 1.29 is 9.47 Å². The molecule has 0 aliphatic carbocycles. The number of thiazole rings is 1. The molecule has 3 heterocycles. The van der Waals surface area contributed by atoms with Crippen molar-refractivity contribution in [2.24, 2.45) is 0 Å². The van der Waals surface area contributed by atoms with E-state index in [4.69, 9.17) is 14.5 Å². The van der Waals surface area contributed by atoms with Gasteiger partial charge in [0.2, 0.25) is 0 Å². The molecule has 0 saturated heterocycles. The second-order valence-corrected chi connectivity index (χ2v) is 7.46. The van der Waals surface area contributed by atoms with Gasteiger partial charge in [-0.3, -0.25) is 0 Å². The van der Waals surface area contributed by atoms with Gasteiger partial charge in [0.1, 0.15) is 6.61 Å². The number of fused-ring (bicyclic) bond motifs is 1. The highest BCUT2D eigenvalue weighted by Crippen LogP contribution is 2.33. The fraction of sp³-hybridized carbons (Fsp3) is 0.286. The first-order chi connectivity index (χ1) is 13.2. The average Bonchev–Trinajstić information content (AvgIpc) is 3.26. The molecule has 0 bridgehead atoms. The van der Waals surface area contributed by atoms with E-state index in [1.54, 1.807) is 11.3 Å².